The molecule has 0 aliphatic heterocycles. The van der Waals surface area contributed by atoms with Gasteiger partial charge >= 0.3 is 0 Å². The Morgan fingerprint density at radius 2 is 1.77 bits per heavy atom. The highest BCUT2D eigenvalue weighted by Crippen LogP contribution is 2.25. The van der Waals surface area contributed by atoms with Crippen molar-refractivity contribution < 1.29 is 4.39 Å². The van der Waals surface area contributed by atoms with Gasteiger partial charge in [-0.1, -0.05) is 24.3 Å². The van der Waals surface area contributed by atoms with Crippen molar-refractivity contribution in [2.75, 3.05) is 5.32 Å². The standard InChI is InChI=1S/C20H17FN4S/c21-18-7-5-17(6-8-18)19-13-26-20(24-19)23-11-15-1-3-16(4-2-15)12-25-10-9-22-14-25/h1-10,13-14H,11-12H2,(H,23,24). The molecule has 0 unspecified atom stereocenters. The van der Waals surface area contributed by atoms with Crippen LogP contribution in [0.4, 0.5) is 9.52 Å². The van der Waals surface area contributed by atoms with E-state index in [0.29, 0.717) is 6.54 Å². The first-order valence-electron chi connectivity index (χ1n) is 8.25. The minimum atomic E-state index is -0.237. The molecule has 0 spiro atoms. The van der Waals surface area contributed by atoms with Crippen molar-refractivity contribution in [2.24, 2.45) is 0 Å². The second-order valence-electron chi connectivity index (χ2n) is 5.95. The summed E-state index contributed by atoms with van der Waals surface area (Å²) in [5.74, 6) is -0.237. The summed E-state index contributed by atoms with van der Waals surface area (Å²) in [7, 11) is 0. The number of hydrogen-bond acceptors (Lipinski definition) is 4. The Kier molecular flexibility index (Phi) is 4.75. The van der Waals surface area contributed by atoms with Crippen LogP contribution in [0.3, 0.4) is 0 Å². The number of imidazole rings is 1. The van der Waals surface area contributed by atoms with Crippen LogP contribution in [0, 0.1) is 5.82 Å². The number of thiazole rings is 1. The SMILES string of the molecule is Fc1ccc(-c2csc(NCc3ccc(Cn4ccnc4)cc3)n2)cc1. The van der Waals surface area contributed by atoms with Crippen LogP contribution in [0.1, 0.15) is 11.1 Å². The predicted molar refractivity (Wildman–Crippen MR) is 103 cm³/mol. The third-order valence-corrected chi connectivity index (χ3v) is 4.84. The van der Waals surface area contributed by atoms with Crippen LogP contribution < -0.4 is 5.32 Å². The predicted octanol–water partition coefficient (Wildman–Crippen LogP) is 4.81. The Morgan fingerprint density at radius 1 is 1.00 bits per heavy atom. The minimum Gasteiger partial charge on any atom is -0.357 e. The van der Waals surface area contributed by atoms with Crippen molar-refractivity contribution in [3.05, 3.63) is 89.6 Å². The van der Waals surface area contributed by atoms with E-state index in [1.165, 1.54) is 23.3 Å². The van der Waals surface area contributed by atoms with Gasteiger partial charge < -0.3 is 9.88 Å². The molecule has 4 rings (SSSR count). The summed E-state index contributed by atoms with van der Waals surface area (Å²) in [6.07, 6.45) is 5.56. The maximum atomic E-state index is 13.0. The maximum Gasteiger partial charge on any atom is 0.183 e. The molecule has 1 N–H and O–H groups in total. The van der Waals surface area contributed by atoms with Gasteiger partial charge in [0.1, 0.15) is 5.82 Å². The highest BCUT2D eigenvalue weighted by atomic mass is 32.1. The average Bonchev–Trinajstić information content (AvgIpc) is 3.34. The van der Waals surface area contributed by atoms with Gasteiger partial charge in [0, 0.05) is 36.4 Å². The van der Waals surface area contributed by atoms with Crippen molar-refractivity contribution in [3.63, 3.8) is 0 Å². The topological polar surface area (TPSA) is 42.7 Å². The molecular weight excluding hydrogens is 347 g/mol. The number of hydrogen-bond donors (Lipinski definition) is 1. The van der Waals surface area contributed by atoms with Gasteiger partial charge in [-0.2, -0.15) is 0 Å². The molecule has 130 valence electrons. The number of rotatable bonds is 6. The molecule has 4 nitrogen and oxygen atoms in total. The van der Waals surface area contributed by atoms with Gasteiger partial charge in [0.2, 0.25) is 0 Å². The summed E-state index contributed by atoms with van der Waals surface area (Å²) < 4.78 is 15.1. The summed E-state index contributed by atoms with van der Waals surface area (Å²) >= 11 is 1.55. The zero-order valence-corrected chi connectivity index (χ0v) is 14.8. The molecule has 0 atom stereocenters. The van der Waals surface area contributed by atoms with Crippen molar-refractivity contribution in [2.45, 2.75) is 13.1 Å². The molecule has 0 saturated heterocycles. The van der Waals surface area contributed by atoms with Gasteiger partial charge in [-0.3, -0.25) is 0 Å². The van der Waals surface area contributed by atoms with E-state index < -0.39 is 0 Å². The highest BCUT2D eigenvalue weighted by Gasteiger charge is 2.05. The first-order valence-corrected chi connectivity index (χ1v) is 9.13. The largest absolute Gasteiger partial charge is 0.357 e. The van der Waals surface area contributed by atoms with Crippen LogP contribution in [0.25, 0.3) is 11.3 Å². The Morgan fingerprint density at radius 3 is 2.50 bits per heavy atom. The van der Waals surface area contributed by atoms with E-state index in [0.717, 1.165) is 22.9 Å². The molecule has 6 heteroatoms. The lowest BCUT2D eigenvalue weighted by atomic mass is 10.1. The zero-order valence-electron chi connectivity index (χ0n) is 14.0. The number of nitrogens with zero attached hydrogens (tertiary/aromatic N) is 3. The van der Waals surface area contributed by atoms with Crippen molar-refractivity contribution in [1.29, 1.82) is 0 Å². The molecule has 0 bridgehead atoms. The molecular formula is C20H17FN4S. The van der Waals surface area contributed by atoms with Gasteiger partial charge in [-0.25, -0.2) is 14.4 Å². The fourth-order valence-electron chi connectivity index (χ4n) is 2.64. The number of nitrogens with one attached hydrogen (secondary N) is 1. The van der Waals surface area contributed by atoms with E-state index in [-0.39, 0.29) is 5.82 Å². The van der Waals surface area contributed by atoms with E-state index in [4.69, 9.17) is 0 Å². The third kappa shape index (κ3) is 3.97. The van der Waals surface area contributed by atoms with E-state index in [1.54, 1.807) is 29.7 Å². The lowest BCUT2D eigenvalue weighted by molar-refractivity contribution is 0.628. The second-order valence-corrected chi connectivity index (χ2v) is 6.81. The van der Waals surface area contributed by atoms with Crippen LogP contribution in [0.15, 0.2) is 72.6 Å². The van der Waals surface area contributed by atoms with Gasteiger partial charge in [0.05, 0.1) is 12.0 Å². The van der Waals surface area contributed by atoms with Crippen LogP contribution in [0.5, 0.6) is 0 Å². The highest BCUT2D eigenvalue weighted by molar-refractivity contribution is 7.14. The molecule has 0 radical (unpaired) electrons. The summed E-state index contributed by atoms with van der Waals surface area (Å²) in [5.41, 5.74) is 4.20. The van der Waals surface area contributed by atoms with E-state index in [1.807, 2.05) is 22.5 Å². The Hall–Kier alpha value is -2.99. The van der Waals surface area contributed by atoms with Crippen LogP contribution in [-0.4, -0.2) is 14.5 Å². The number of benzene rings is 2. The quantitative estimate of drug-likeness (QED) is 0.534. The van der Waals surface area contributed by atoms with Gasteiger partial charge in [-0.05, 0) is 35.4 Å². The molecule has 0 aliphatic rings. The van der Waals surface area contributed by atoms with Crippen molar-refractivity contribution >= 4 is 16.5 Å². The smallest absolute Gasteiger partial charge is 0.183 e. The first-order chi connectivity index (χ1) is 12.8. The van der Waals surface area contributed by atoms with Gasteiger partial charge in [0.25, 0.3) is 0 Å². The fraction of sp³-hybridized carbons (Fsp3) is 0.100. The van der Waals surface area contributed by atoms with Crippen molar-refractivity contribution in [3.8, 4) is 11.3 Å². The van der Waals surface area contributed by atoms with E-state index in [9.17, 15) is 4.39 Å². The monoisotopic (exact) mass is 364 g/mol. The molecule has 2 heterocycles. The van der Waals surface area contributed by atoms with Gasteiger partial charge in [-0.15, -0.1) is 11.3 Å². The van der Waals surface area contributed by atoms with Crippen molar-refractivity contribution in [1.82, 2.24) is 14.5 Å². The molecule has 26 heavy (non-hydrogen) atoms. The third-order valence-electron chi connectivity index (χ3n) is 4.04. The number of halogens is 1. The van der Waals surface area contributed by atoms with E-state index in [2.05, 4.69) is 39.6 Å². The molecule has 0 aliphatic carbocycles. The van der Waals surface area contributed by atoms with E-state index >= 15 is 0 Å². The van der Waals surface area contributed by atoms with Crippen LogP contribution in [0.2, 0.25) is 0 Å². The molecule has 0 amide bonds. The maximum absolute atomic E-state index is 13.0. The Balaban J connectivity index is 1.36. The zero-order chi connectivity index (χ0) is 17.8. The molecule has 4 aromatic rings. The number of aromatic nitrogens is 3. The summed E-state index contributed by atoms with van der Waals surface area (Å²) in [6.45, 7) is 1.53. The Bertz CT molecular complexity index is 960. The summed E-state index contributed by atoms with van der Waals surface area (Å²) in [4.78, 5) is 8.62. The minimum absolute atomic E-state index is 0.237. The summed E-state index contributed by atoms with van der Waals surface area (Å²) in [5, 5.41) is 6.18. The lowest BCUT2D eigenvalue weighted by Crippen LogP contribution is -2.00. The first kappa shape index (κ1) is 16.5. The van der Waals surface area contributed by atoms with Crippen LogP contribution in [-0.2, 0) is 13.1 Å². The fourth-order valence-corrected chi connectivity index (χ4v) is 3.36. The average molecular weight is 364 g/mol. The lowest BCUT2D eigenvalue weighted by Gasteiger charge is -2.06. The molecule has 2 aromatic carbocycles. The molecule has 0 fully saturated rings. The van der Waals surface area contributed by atoms with Crippen LogP contribution >= 0.6 is 11.3 Å². The summed E-state index contributed by atoms with van der Waals surface area (Å²) in [6, 6.07) is 14.9. The molecule has 0 saturated carbocycles. The second kappa shape index (κ2) is 7.49. The number of anilines is 1. The van der Waals surface area contributed by atoms with Gasteiger partial charge in [0.15, 0.2) is 5.13 Å². The molecule has 2 aromatic heterocycles. The Labute approximate surface area is 155 Å². The normalized spacial score (nSPS) is 10.8.